The van der Waals surface area contributed by atoms with Crippen molar-refractivity contribution in [2.75, 3.05) is 0 Å². The largest absolute Gasteiger partial charge is 0.453 e. The van der Waals surface area contributed by atoms with Crippen LogP contribution in [0.4, 0.5) is 0 Å². The maximum Gasteiger partial charge on any atom is 0.308 e. The lowest BCUT2D eigenvalue weighted by Gasteiger charge is -2.13. The van der Waals surface area contributed by atoms with Crippen LogP contribution in [0.25, 0.3) is 10.8 Å². The minimum atomic E-state index is -0.372. The standard InChI is InChI=1S/C18H14O3/c1-13(19)20-17-12-11-14-7-5-6-10-16(14)18(17)21-15-8-3-2-4-9-15/h2-12H,1H3. The average Bonchev–Trinajstić information content (AvgIpc) is 2.50. The Balaban J connectivity index is 2.13. The van der Waals surface area contributed by atoms with E-state index in [-0.39, 0.29) is 5.97 Å². The minimum absolute atomic E-state index is 0.372. The van der Waals surface area contributed by atoms with Gasteiger partial charge in [-0.05, 0) is 23.6 Å². The molecule has 0 N–H and O–H groups in total. The molecule has 0 amide bonds. The summed E-state index contributed by atoms with van der Waals surface area (Å²) in [4.78, 5) is 11.3. The number of fused-ring (bicyclic) bond motifs is 1. The van der Waals surface area contributed by atoms with Gasteiger partial charge >= 0.3 is 5.97 Å². The summed E-state index contributed by atoms with van der Waals surface area (Å²) in [5.41, 5.74) is 0. The summed E-state index contributed by atoms with van der Waals surface area (Å²) in [5, 5.41) is 1.93. The fourth-order valence-corrected chi connectivity index (χ4v) is 2.17. The third-order valence-electron chi connectivity index (χ3n) is 3.06. The Morgan fingerprint density at radius 3 is 2.33 bits per heavy atom. The van der Waals surface area contributed by atoms with Crippen LogP contribution in [0.5, 0.6) is 17.2 Å². The van der Waals surface area contributed by atoms with Crippen molar-refractivity contribution in [2.45, 2.75) is 6.92 Å². The zero-order valence-corrected chi connectivity index (χ0v) is 11.6. The Bertz CT molecular complexity index is 779. The molecule has 3 rings (SSSR count). The molecule has 0 fully saturated rings. The highest BCUT2D eigenvalue weighted by Crippen LogP contribution is 2.38. The lowest BCUT2D eigenvalue weighted by molar-refractivity contribution is -0.131. The highest BCUT2D eigenvalue weighted by atomic mass is 16.6. The number of hydrogen-bond acceptors (Lipinski definition) is 3. The van der Waals surface area contributed by atoms with Crippen molar-refractivity contribution in [3.05, 3.63) is 66.7 Å². The number of hydrogen-bond donors (Lipinski definition) is 0. The maximum absolute atomic E-state index is 11.3. The Labute approximate surface area is 122 Å². The predicted octanol–water partition coefficient (Wildman–Crippen LogP) is 4.56. The van der Waals surface area contributed by atoms with E-state index in [9.17, 15) is 4.79 Å². The zero-order valence-electron chi connectivity index (χ0n) is 11.6. The van der Waals surface area contributed by atoms with E-state index >= 15 is 0 Å². The van der Waals surface area contributed by atoms with Gasteiger partial charge in [0, 0.05) is 12.3 Å². The lowest BCUT2D eigenvalue weighted by atomic mass is 10.1. The molecular weight excluding hydrogens is 264 g/mol. The van der Waals surface area contributed by atoms with Crippen molar-refractivity contribution >= 4 is 16.7 Å². The highest BCUT2D eigenvalue weighted by molar-refractivity contribution is 5.91. The Morgan fingerprint density at radius 1 is 0.857 bits per heavy atom. The van der Waals surface area contributed by atoms with Gasteiger partial charge in [0.2, 0.25) is 0 Å². The number of para-hydroxylation sites is 1. The molecule has 3 heteroatoms. The molecule has 0 aromatic heterocycles. The molecule has 3 aromatic carbocycles. The number of rotatable bonds is 3. The van der Waals surface area contributed by atoms with E-state index < -0.39 is 0 Å². The summed E-state index contributed by atoms with van der Waals surface area (Å²) >= 11 is 0. The van der Waals surface area contributed by atoms with E-state index in [1.807, 2.05) is 60.7 Å². The van der Waals surface area contributed by atoms with Crippen LogP contribution in [-0.2, 0) is 4.79 Å². The number of carbonyl (C=O) groups excluding carboxylic acids is 1. The van der Waals surface area contributed by atoms with E-state index in [1.165, 1.54) is 6.92 Å². The first-order valence-electron chi connectivity index (χ1n) is 6.67. The average molecular weight is 278 g/mol. The molecule has 0 atom stereocenters. The van der Waals surface area contributed by atoms with Crippen LogP contribution >= 0.6 is 0 Å². The molecule has 3 aromatic rings. The zero-order chi connectivity index (χ0) is 14.7. The van der Waals surface area contributed by atoms with Crippen molar-refractivity contribution < 1.29 is 14.3 Å². The third-order valence-corrected chi connectivity index (χ3v) is 3.06. The van der Waals surface area contributed by atoms with Gasteiger partial charge in [-0.25, -0.2) is 0 Å². The molecule has 0 aliphatic heterocycles. The fraction of sp³-hybridized carbons (Fsp3) is 0.0556. The number of benzene rings is 3. The van der Waals surface area contributed by atoms with Gasteiger partial charge in [-0.1, -0.05) is 48.5 Å². The summed E-state index contributed by atoms with van der Waals surface area (Å²) in [6.45, 7) is 1.38. The van der Waals surface area contributed by atoms with E-state index in [1.54, 1.807) is 6.07 Å². The first-order valence-corrected chi connectivity index (χ1v) is 6.67. The molecule has 3 nitrogen and oxygen atoms in total. The first kappa shape index (κ1) is 13.2. The van der Waals surface area contributed by atoms with Gasteiger partial charge in [-0.2, -0.15) is 0 Å². The van der Waals surface area contributed by atoms with Crippen LogP contribution in [0, 0.1) is 0 Å². The van der Waals surface area contributed by atoms with E-state index in [2.05, 4.69) is 0 Å². The van der Waals surface area contributed by atoms with E-state index in [4.69, 9.17) is 9.47 Å². The lowest BCUT2D eigenvalue weighted by Crippen LogP contribution is -2.03. The van der Waals surface area contributed by atoms with Crippen molar-refractivity contribution in [2.24, 2.45) is 0 Å². The fourth-order valence-electron chi connectivity index (χ4n) is 2.17. The monoisotopic (exact) mass is 278 g/mol. The maximum atomic E-state index is 11.3. The molecule has 0 aliphatic carbocycles. The smallest absolute Gasteiger partial charge is 0.308 e. The molecule has 0 bridgehead atoms. The number of esters is 1. The van der Waals surface area contributed by atoms with Gasteiger partial charge in [-0.15, -0.1) is 0 Å². The van der Waals surface area contributed by atoms with Crippen LogP contribution in [0.2, 0.25) is 0 Å². The van der Waals surface area contributed by atoms with Crippen molar-refractivity contribution in [1.29, 1.82) is 0 Å². The molecule has 21 heavy (non-hydrogen) atoms. The normalized spacial score (nSPS) is 10.3. The summed E-state index contributed by atoms with van der Waals surface area (Å²) < 4.78 is 11.2. The minimum Gasteiger partial charge on any atom is -0.453 e. The molecule has 0 radical (unpaired) electrons. The molecule has 104 valence electrons. The predicted molar refractivity (Wildman–Crippen MR) is 81.8 cm³/mol. The van der Waals surface area contributed by atoms with Gasteiger partial charge < -0.3 is 9.47 Å². The molecule has 0 unspecified atom stereocenters. The second-order valence-corrected chi connectivity index (χ2v) is 4.62. The number of carbonyl (C=O) groups is 1. The van der Waals surface area contributed by atoms with Crippen LogP contribution in [-0.4, -0.2) is 5.97 Å². The van der Waals surface area contributed by atoms with Crippen molar-refractivity contribution in [3.63, 3.8) is 0 Å². The topological polar surface area (TPSA) is 35.5 Å². The highest BCUT2D eigenvalue weighted by Gasteiger charge is 2.13. The quantitative estimate of drug-likeness (QED) is 0.520. The molecule has 0 aliphatic rings. The Hall–Kier alpha value is -2.81. The summed E-state index contributed by atoms with van der Waals surface area (Å²) in [7, 11) is 0. The van der Waals surface area contributed by atoms with E-state index in [0.29, 0.717) is 17.2 Å². The molecule has 0 spiro atoms. The van der Waals surface area contributed by atoms with Crippen molar-refractivity contribution in [3.8, 4) is 17.2 Å². The molecular formula is C18H14O3. The van der Waals surface area contributed by atoms with Gasteiger partial charge in [0.25, 0.3) is 0 Å². The summed E-state index contributed by atoms with van der Waals surface area (Å²) in [5.74, 6) is 1.30. The SMILES string of the molecule is CC(=O)Oc1ccc2ccccc2c1Oc1ccccc1. The molecule has 0 saturated heterocycles. The van der Waals surface area contributed by atoms with Crippen LogP contribution in [0.1, 0.15) is 6.92 Å². The van der Waals surface area contributed by atoms with Gasteiger partial charge in [0.05, 0.1) is 0 Å². The molecule has 0 heterocycles. The van der Waals surface area contributed by atoms with Crippen molar-refractivity contribution in [1.82, 2.24) is 0 Å². The second kappa shape index (κ2) is 5.67. The van der Waals surface area contributed by atoms with Crippen LogP contribution in [0.15, 0.2) is 66.7 Å². The first-order chi connectivity index (χ1) is 10.2. The summed E-state index contributed by atoms with van der Waals surface area (Å²) in [6.07, 6.45) is 0. The second-order valence-electron chi connectivity index (χ2n) is 4.62. The third kappa shape index (κ3) is 2.87. The van der Waals surface area contributed by atoms with Crippen LogP contribution in [0.3, 0.4) is 0 Å². The van der Waals surface area contributed by atoms with Gasteiger partial charge in [0.15, 0.2) is 11.5 Å². The van der Waals surface area contributed by atoms with Gasteiger partial charge in [0.1, 0.15) is 5.75 Å². The van der Waals surface area contributed by atoms with Crippen LogP contribution < -0.4 is 9.47 Å². The summed E-state index contributed by atoms with van der Waals surface area (Å²) in [6, 6.07) is 20.9. The van der Waals surface area contributed by atoms with Gasteiger partial charge in [-0.3, -0.25) is 4.79 Å². The van der Waals surface area contributed by atoms with E-state index in [0.717, 1.165) is 10.8 Å². The Morgan fingerprint density at radius 2 is 1.57 bits per heavy atom. The molecule has 0 saturated carbocycles. The number of ether oxygens (including phenoxy) is 2. The Kier molecular flexibility index (Phi) is 3.56.